The number of Topliss-reactive ketones (excluding diaryl/α,β-unsaturated/α-hetero) is 1. The molecule has 6 nitrogen and oxygen atoms in total. The predicted molar refractivity (Wildman–Crippen MR) is 106 cm³/mol. The summed E-state index contributed by atoms with van der Waals surface area (Å²) in [6.45, 7) is 3.72. The van der Waals surface area contributed by atoms with Crippen molar-refractivity contribution in [1.29, 1.82) is 5.41 Å². The first kappa shape index (κ1) is 18.5. The van der Waals surface area contributed by atoms with Crippen molar-refractivity contribution >= 4 is 22.7 Å². The smallest absolute Gasteiger partial charge is 0.272 e. The maximum absolute atomic E-state index is 12.7. The first-order valence-corrected chi connectivity index (χ1v) is 8.75. The van der Waals surface area contributed by atoms with Crippen LogP contribution in [0.3, 0.4) is 0 Å². The minimum absolute atomic E-state index is 0.00337. The molecule has 0 spiro atoms. The SMILES string of the molecule is CC(C)C(=O)c1ccc2c(c1)nc(Cc1ccc(C(=N)N)cc1)c(=O)n2C. The first-order valence-electron chi connectivity index (χ1n) is 8.75. The van der Waals surface area contributed by atoms with Crippen LogP contribution in [0, 0.1) is 11.3 Å². The fourth-order valence-electron chi connectivity index (χ4n) is 2.99. The van der Waals surface area contributed by atoms with Gasteiger partial charge in [0.25, 0.3) is 5.56 Å². The van der Waals surface area contributed by atoms with Crippen molar-refractivity contribution in [2.75, 3.05) is 0 Å². The van der Waals surface area contributed by atoms with Gasteiger partial charge in [-0.3, -0.25) is 15.0 Å². The van der Waals surface area contributed by atoms with E-state index in [0.717, 1.165) is 5.56 Å². The molecule has 3 aromatic rings. The molecule has 1 heterocycles. The van der Waals surface area contributed by atoms with Gasteiger partial charge >= 0.3 is 0 Å². The van der Waals surface area contributed by atoms with Crippen molar-refractivity contribution < 1.29 is 4.79 Å². The van der Waals surface area contributed by atoms with E-state index in [1.165, 1.54) is 0 Å². The van der Waals surface area contributed by atoms with Crippen molar-refractivity contribution in [1.82, 2.24) is 9.55 Å². The number of carbonyl (C=O) groups is 1. The molecule has 0 aliphatic heterocycles. The maximum Gasteiger partial charge on any atom is 0.272 e. The molecule has 138 valence electrons. The number of rotatable bonds is 5. The van der Waals surface area contributed by atoms with E-state index in [4.69, 9.17) is 11.1 Å². The van der Waals surface area contributed by atoms with E-state index >= 15 is 0 Å². The molecular formula is C21H22N4O2. The summed E-state index contributed by atoms with van der Waals surface area (Å²) >= 11 is 0. The van der Waals surface area contributed by atoms with Crippen LogP contribution in [0.25, 0.3) is 11.0 Å². The molecule has 0 saturated heterocycles. The van der Waals surface area contributed by atoms with E-state index in [9.17, 15) is 9.59 Å². The molecule has 6 heteroatoms. The molecule has 2 aromatic carbocycles. The highest BCUT2D eigenvalue weighted by atomic mass is 16.1. The molecule has 0 radical (unpaired) electrons. The highest BCUT2D eigenvalue weighted by Gasteiger charge is 2.14. The van der Waals surface area contributed by atoms with E-state index in [-0.39, 0.29) is 23.1 Å². The van der Waals surface area contributed by atoms with E-state index < -0.39 is 0 Å². The van der Waals surface area contributed by atoms with Crippen LogP contribution in [0.15, 0.2) is 47.3 Å². The second-order valence-electron chi connectivity index (χ2n) is 6.93. The summed E-state index contributed by atoms with van der Waals surface area (Å²) in [4.78, 5) is 29.5. The third kappa shape index (κ3) is 3.65. The zero-order chi connectivity index (χ0) is 19.7. The number of nitrogens with zero attached hydrogens (tertiary/aromatic N) is 2. The van der Waals surface area contributed by atoms with Crippen LogP contribution in [0.5, 0.6) is 0 Å². The number of carbonyl (C=O) groups excluding carboxylic acids is 1. The molecule has 3 rings (SSSR count). The summed E-state index contributed by atoms with van der Waals surface area (Å²) in [5.41, 5.74) is 9.17. The largest absolute Gasteiger partial charge is 0.384 e. The van der Waals surface area contributed by atoms with Gasteiger partial charge in [0.15, 0.2) is 5.78 Å². The lowest BCUT2D eigenvalue weighted by atomic mass is 10.0. The quantitative estimate of drug-likeness (QED) is 0.414. The van der Waals surface area contributed by atoms with Crippen molar-refractivity contribution in [3.63, 3.8) is 0 Å². The van der Waals surface area contributed by atoms with Gasteiger partial charge in [-0.2, -0.15) is 0 Å². The van der Waals surface area contributed by atoms with Crippen molar-refractivity contribution in [3.8, 4) is 0 Å². The number of fused-ring (bicyclic) bond motifs is 1. The third-order valence-corrected chi connectivity index (χ3v) is 4.59. The molecule has 3 N–H and O–H groups in total. The average Bonchev–Trinajstić information content (AvgIpc) is 2.65. The van der Waals surface area contributed by atoms with Gasteiger partial charge in [-0.25, -0.2) is 4.98 Å². The molecule has 27 heavy (non-hydrogen) atoms. The van der Waals surface area contributed by atoms with Gasteiger partial charge in [0.05, 0.1) is 11.0 Å². The van der Waals surface area contributed by atoms with Gasteiger partial charge < -0.3 is 10.3 Å². The normalized spacial score (nSPS) is 11.1. The Bertz CT molecular complexity index is 1100. The van der Waals surface area contributed by atoms with Gasteiger partial charge in [-0.15, -0.1) is 0 Å². The molecular weight excluding hydrogens is 340 g/mol. The number of aromatic nitrogens is 2. The summed E-state index contributed by atoms with van der Waals surface area (Å²) in [5.74, 6) is -0.0492. The zero-order valence-electron chi connectivity index (χ0n) is 15.6. The third-order valence-electron chi connectivity index (χ3n) is 4.59. The Morgan fingerprint density at radius 3 is 2.37 bits per heavy atom. The zero-order valence-corrected chi connectivity index (χ0v) is 15.6. The summed E-state index contributed by atoms with van der Waals surface area (Å²) in [6, 6.07) is 12.4. The van der Waals surface area contributed by atoms with Crippen LogP contribution in [0.4, 0.5) is 0 Å². The molecule has 0 saturated carbocycles. The number of hydrogen-bond acceptors (Lipinski definition) is 4. The fourth-order valence-corrected chi connectivity index (χ4v) is 2.99. The number of nitrogens with two attached hydrogens (primary N) is 1. The van der Waals surface area contributed by atoms with Gasteiger partial charge in [0.1, 0.15) is 11.5 Å². The standard InChI is InChI=1S/C21H22N4O2/c1-12(2)19(26)15-8-9-18-16(11-15)24-17(21(27)25(18)3)10-13-4-6-14(7-5-13)20(22)23/h4-9,11-12H,10H2,1-3H3,(H3,22,23). The van der Waals surface area contributed by atoms with Gasteiger partial charge in [0.2, 0.25) is 0 Å². The van der Waals surface area contributed by atoms with Crippen molar-refractivity contribution in [2.24, 2.45) is 18.7 Å². The first-order chi connectivity index (χ1) is 12.8. The molecule has 0 fully saturated rings. The lowest BCUT2D eigenvalue weighted by Gasteiger charge is -2.10. The molecule has 0 aliphatic rings. The van der Waals surface area contributed by atoms with Crippen LogP contribution in [0.1, 0.15) is 41.0 Å². The van der Waals surface area contributed by atoms with Gasteiger partial charge in [-0.1, -0.05) is 38.1 Å². The van der Waals surface area contributed by atoms with E-state index in [2.05, 4.69) is 4.98 Å². The second-order valence-corrected chi connectivity index (χ2v) is 6.93. The molecule has 0 bridgehead atoms. The minimum atomic E-state index is -0.166. The topological polar surface area (TPSA) is 102 Å². The van der Waals surface area contributed by atoms with Crippen LogP contribution in [0.2, 0.25) is 0 Å². The minimum Gasteiger partial charge on any atom is -0.384 e. The van der Waals surface area contributed by atoms with Crippen LogP contribution in [-0.2, 0) is 13.5 Å². The Balaban J connectivity index is 2.04. The monoisotopic (exact) mass is 362 g/mol. The summed E-state index contributed by atoms with van der Waals surface area (Å²) in [6.07, 6.45) is 0.364. The highest BCUT2D eigenvalue weighted by Crippen LogP contribution is 2.17. The summed E-state index contributed by atoms with van der Waals surface area (Å²) < 4.78 is 1.56. The Labute approximate surface area is 157 Å². The Morgan fingerprint density at radius 1 is 1.15 bits per heavy atom. The van der Waals surface area contributed by atoms with Crippen LogP contribution < -0.4 is 11.3 Å². The van der Waals surface area contributed by atoms with E-state index in [1.807, 2.05) is 26.0 Å². The fraction of sp³-hybridized carbons (Fsp3) is 0.238. The Morgan fingerprint density at radius 2 is 1.78 bits per heavy atom. The number of aryl methyl sites for hydroxylation is 1. The number of nitrogen functional groups attached to an aromatic ring is 1. The Hall–Kier alpha value is -3.28. The van der Waals surface area contributed by atoms with E-state index in [0.29, 0.717) is 34.3 Å². The second kappa shape index (κ2) is 7.15. The Kier molecular flexibility index (Phi) is 4.90. The average molecular weight is 362 g/mol. The summed E-state index contributed by atoms with van der Waals surface area (Å²) in [7, 11) is 1.71. The summed E-state index contributed by atoms with van der Waals surface area (Å²) in [5, 5.41) is 7.45. The molecule has 0 atom stereocenters. The van der Waals surface area contributed by atoms with E-state index in [1.54, 1.807) is 41.9 Å². The van der Waals surface area contributed by atoms with Crippen LogP contribution in [-0.4, -0.2) is 21.2 Å². The van der Waals surface area contributed by atoms with Gasteiger partial charge in [0, 0.05) is 30.5 Å². The highest BCUT2D eigenvalue weighted by molar-refractivity contribution is 6.00. The predicted octanol–water partition coefficient (Wildman–Crippen LogP) is 2.65. The molecule has 0 unspecified atom stereocenters. The number of ketones is 1. The van der Waals surface area contributed by atoms with Crippen molar-refractivity contribution in [2.45, 2.75) is 20.3 Å². The van der Waals surface area contributed by atoms with Gasteiger partial charge in [-0.05, 0) is 23.8 Å². The maximum atomic E-state index is 12.7. The lowest BCUT2D eigenvalue weighted by molar-refractivity contribution is 0.0939. The number of benzene rings is 2. The number of nitrogens with one attached hydrogen (secondary N) is 1. The number of amidine groups is 1. The number of hydrogen-bond donors (Lipinski definition) is 2. The van der Waals surface area contributed by atoms with Crippen LogP contribution >= 0.6 is 0 Å². The molecule has 0 amide bonds. The van der Waals surface area contributed by atoms with Crippen molar-refractivity contribution in [3.05, 3.63) is 75.2 Å². The lowest BCUT2D eigenvalue weighted by Crippen LogP contribution is -2.24. The molecule has 0 aliphatic carbocycles. The molecule has 1 aromatic heterocycles.